The van der Waals surface area contributed by atoms with E-state index < -0.39 is 37.3 Å². The molecule has 0 bridgehead atoms. The van der Waals surface area contributed by atoms with Crippen molar-refractivity contribution in [1.29, 1.82) is 0 Å². The molecule has 11 nitrogen and oxygen atoms in total. The molecular formula is C23H28N2O9. The third-order valence-corrected chi connectivity index (χ3v) is 5.50. The van der Waals surface area contributed by atoms with Crippen molar-refractivity contribution in [2.75, 3.05) is 27.8 Å². The van der Waals surface area contributed by atoms with E-state index in [0.717, 1.165) is 0 Å². The Kier molecular flexibility index (Phi) is 8.07. The lowest BCUT2D eigenvalue weighted by molar-refractivity contribution is -0.277. The Labute approximate surface area is 195 Å². The van der Waals surface area contributed by atoms with Crippen molar-refractivity contribution in [1.82, 2.24) is 10.6 Å². The van der Waals surface area contributed by atoms with Crippen LogP contribution in [0.3, 0.4) is 0 Å². The van der Waals surface area contributed by atoms with Crippen molar-refractivity contribution in [2.45, 2.75) is 30.7 Å². The maximum absolute atomic E-state index is 12.2. The summed E-state index contributed by atoms with van der Waals surface area (Å²) in [6.45, 7) is -0.587. The molecule has 0 aromatic heterocycles. The molecule has 2 aromatic rings. The van der Waals surface area contributed by atoms with Crippen LogP contribution < -0.4 is 20.1 Å². The zero-order chi connectivity index (χ0) is 25.0. The van der Waals surface area contributed by atoms with Gasteiger partial charge in [-0.3, -0.25) is 9.59 Å². The molecule has 1 aliphatic rings. The number of methoxy groups -OCH3 is 1. The Hall–Kier alpha value is -3.22. The van der Waals surface area contributed by atoms with Crippen molar-refractivity contribution < 1.29 is 44.2 Å². The fourth-order valence-corrected chi connectivity index (χ4v) is 3.58. The van der Waals surface area contributed by atoms with E-state index in [9.17, 15) is 30.0 Å². The maximum Gasteiger partial charge on any atom is 0.251 e. The van der Waals surface area contributed by atoms with Crippen LogP contribution in [-0.2, 0) is 4.74 Å². The maximum atomic E-state index is 12.2. The SMILES string of the molecule is CNC(=O)c1cc(C(=O)NC)cc(-c2ccc(O[C@H]3O[C@H](CO)[C@@H](O)[C@H](O)[C@@H]3O)c(OC)c2)c1. The van der Waals surface area contributed by atoms with E-state index in [-0.39, 0.29) is 23.3 Å². The molecule has 2 aromatic carbocycles. The fraction of sp³-hybridized carbons (Fsp3) is 0.391. The molecule has 2 amide bonds. The molecule has 0 radical (unpaired) electrons. The molecule has 184 valence electrons. The van der Waals surface area contributed by atoms with Crippen molar-refractivity contribution in [3.63, 3.8) is 0 Å². The largest absolute Gasteiger partial charge is 0.493 e. The minimum absolute atomic E-state index is 0.157. The molecule has 1 aliphatic heterocycles. The smallest absolute Gasteiger partial charge is 0.251 e. The highest BCUT2D eigenvalue weighted by Crippen LogP contribution is 2.35. The zero-order valence-corrected chi connectivity index (χ0v) is 18.9. The van der Waals surface area contributed by atoms with Crippen LogP contribution in [0.25, 0.3) is 11.1 Å². The predicted molar refractivity (Wildman–Crippen MR) is 120 cm³/mol. The molecule has 6 N–H and O–H groups in total. The molecule has 0 aliphatic carbocycles. The van der Waals surface area contributed by atoms with E-state index in [1.165, 1.54) is 33.3 Å². The van der Waals surface area contributed by atoms with E-state index in [1.54, 1.807) is 24.3 Å². The normalized spacial score (nSPS) is 24.3. The Morgan fingerprint density at radius 1 is 0.882 bits per heavy atom. The van der Waals surface area contributed by atoms with Crippen LogP contribution >= 0.6 is 0 Å². The van der Waals surface area contributed by atoms with E-state index in [2.05, 4.69) is 10.6 Å². The van der Waals surface area contributed by atoms with Gasteiger partial charge in [0.25, 0.3) is 11.8 Å². The van der Waals surface area contributed by atoms with Gasteiger partial charge in [0.2, 0.25) is 6.29 Å². The van der Waals surface area contributed by atoms with Crippen LogP contribution in [0.4, 0.5) is 0 Å². The van der Waals surface area contributed by atoms with Gasteiger partial charge in [-0.2, -0.15) is 0 Å². The second-order valence-electron chi connectivity index (χ2n) is 7.64. The Morgan fingerprint density at radius 3 is 2.03 bits per heavy atom. The van der Waals surface area contributed by atoms with Gasteiger partial charge in [0.15, 0.2) is 11.5 Å². The summed E-state index contributed by atoms with van der Waals surface area (Å²) in [5.41, 5.74) is 1.75. The molecule has 0 unspecified atom stereocenters. The molecule has 1 fully saturated rings. The minimum Gasteiger partial charge on any atom is -0.493 e. The first kappa shape index (κ1) is 25.4. The first-order valence-electron chi connectivity index (χ1n) is 10.5. The first-order chi connectivity index (χ1) is 16.2. The standard InChI is InChI=1S/C23H28N2O9/c1-24-21(30)13-6-12(7-14(8-13)22(31)25-2)11-4-5-15(16(9-11)32-3)33-23-20(29)19(28)18(27)17(10-26)34-23/h4-9,17-20,23,26-29H,10H2,1-3H3,(H,24,30)(H,25,31)/t17-,18-,19+,20+,23+/m1/s1. The Morgan fingerprint density at radius 2 is 1.50 bits per heavy atom. The number of hydrogen-bond acceptors (Lipinski definition) is 9. The topological polar surface area (TPSA) is 167 Å². The summed E-state index contributed by atoms with van der Waals surface area (Å²) in [5, 5.41) is 44.6. The molecule has 1 heterocycles. The quantitative estimate of drug-likeness (QED) is 0.302. The number of aliphatic hydroxyl groups is 4. The van der Waals surface area contributed by atoms with Crippen molar-refractivity contribution in [3.8, 4) is 22.6 Å². The van der Waals surface area contributed by atoms with Crippen molar-refractivity contribution in [3.05, 3.63) is 47.5 Å². The lowest BCUT2D eigenvalue weighted by Gasteiger charge is -2.39. The minimum atomic E-state index is -1.59. The summed E-state index contributed by atoms with van der Waals surface area (Å²) in [6.07, 6.45) is -7.18. The summed E-state index contributed by atoms with van der Waals surface area (Å²) < 4.78 is 16.5. The number of benzene rings is 2. The van der Waals surface area contributed by atoms with E-state index in [0.29, 0.717) is 22.3 Å². The molecule has 0 saturated carbocycles. The summed E-state index contributed by atoms with van der Waals surface area (Å²) in [4.78, 5) is 24.4. The van der Waals surface area contributed by atoms with Crippen molar-refractivity contribution in [2.24, 2.45) is 0 Å². The van der Waals surface area contributed by atoms with Gasteiger partial charge in [0, 0.05) is 25.2 Å². The number of ether oxygens (including phenoxy) is 3. The average Bonchev–Trinajstić information content (AvgIpc) is 2.87. The lowest BCUT2D eigenvalue weighted by atomic mass is 9.98. The third kappa shape index (κ3) is 5.13. The van der Waals surface area contributed by atoms with Crippen LogP contribution in [0.1, 0.15) is 20.7 Å². The number of hydrogen-bond donors (Lipinski definition) is 6. The van der Waals surface area contributed by atoms with E-state index in [1.807, 2.05) is 0 Å². The van der Waals surface area contributed by atoms with Gasteiger partial charge in [0.1, 0.15) is 24.4 Å². The zero-order valence-electron chi connectivity index (χ0n) is 18.9. The monoisotopic (exact) mass is 476 g/mol. The molecular weight excluding hydrogens is 448 g/mol. The van der Waals surface area contributed by atoms with Crippen LogP contribution in [0.5, 0.6) is 11.5 Å². The number of amides is 2. The van der Waals surface area contributed by atoms with Gasteiger partial charge < -0.3 is 45.3 Å². The highest BCUT2D eigenvalue weighted by molar-refractivity contribution is 6.01. The number of carbonyl (C=O) groups is 2. The molecule has 34 heavy (non-hydrogen) atoms. The molecule has 1 saturated heterocycles. The van der Waals surface area contributed by atoms with E-state index >= 15 is 0 Å². The molecule has 11 heteroatoms. The first-order valence-corrected chi connectivity index (χ1v) is 10.5. The summed E-state index contributed by atoms with van der Waals surface area (Å²) in [6, 6.07) is 9.52. The van der Waals surface area contributed by atoms with Gasteiger partial charge >= 0.3 is 0 Å². The van der Waals surface area contributed by atoms with Crippen LogP contribution in [0.2, 0.25) is 0 Å². The van der Waals surface area contributed by atoms with Gasteiger partial charge in [-0.25, -0.2) is 0 Å². The summed E-state index contributed by atoms with van der Waals surface area (Å²) in [7, 11) is 4.38. The van der Waals surface area contributed by atoms with Gasteiger partial charge in [0.05, 0.1) is 13.7 Å². The highest BCUT2D eigenvalue weighted by atomic mass is 16.7. The summed E-state index contributed by atoms with van der Waals surface area (Å²) >= 11 is 0. The second kappa shape index (κ2) is 10.8. The molecule has 5 atom stereocenters. The Balaban J connectivity index is 1.95. The highest BCUT2D eigenvalue weighted by Gasteiger charge is 2.45. The number of nitrogens with one attached hydrogen (secondary N) is 2. The fourth-order valence-electron chi connectivity index (χ4n) is 3.58. The number of aliphatic hydroxyl groups excluding tert-OH is 4. The number of rotatable bonds is 7. The average molecular weight is 476 g/mol. The van der Waals surface area contributed by atoms with Gasteiger partial charge in [-0.1, -0.05) is 6.07 Å². The third-order valence-electron chi connectivity index (χ3n) is 5.50. The van der Waals surface area contributed by atoms with Crippen molar-refractivity contribution >= 4 is 11.8 Å². The molecule has 0 spiro atoms. The Bertz CT molecular complexity index is 1010. The predicted octanol–water partition coefficient (Wildman–Crippen LogP) is -0.740. The van der Waals surface area contributed by atoms with E-state index in [4.69, 9.17) is 14.2 Å². The van der Waals surface area contributed by atoms with Crippen LogP contribution in [-0.4, -0.2) is 90.8 Å². The van der Waals surface area contributed by atoms with Gasteiger partial charge in [-0.05, 0) is 41.5 Å². The second-order valence-corrected chi connectivity index (χ2v) is 7.64. The lowest BCUT2D eigenvalue weighted by Crippen LogP contribution is -2.60. The number of carbonyl (C=O) groups excluding carboxylic acids is 2. The summed E-state index contributed by atoms with van der Waals surface area (Å²) in [5.74, 6) is -0.325. The molecule has 3 rings (SSSR count). The van der Waals surface area contributed by atoms with Crippen LogP contribution in [0, 0.1) is 0 Å². The van der Waals surface area contributed by atoms with Crippen LogP contribution in [0.15, 0.2) is 36.4 Å². The van der Waals surface area contributed by atoms with Gasteiger partial charge in [-0.15, -0.1) is 0 Å².